The van der Waals surface area contributed by atoms with E-state index in [0.717, 1.165) is 22.0 Å². The number of methoxy groups -OCH3 is 1. The third kappa shape index (κ3) is 4.96. The maximum Gasteiger partial charge on any atom is 0.278 e. The van der Waals surface area contributed by atoms with E-state index >= 15 is 0 Å². The van der Waals surface area contributed by atoms with Crippen LogP contribution in [0.5, 0.6) is 0 Å². The summed E-state index contributed by atoms with van der Waals surface area (Å²) in [5.41, 5.74) is 6.57. The smallest absolute Gasteiger partial charge is 0.278 e. The van der Waals surface area contributed by atoms with E-state index in [1.807, 2.05) is 22.9 Å². The molecule has 4 rings (SSSR count). The Morgan fingerprint density at radius 3 is 2.89 bits per heavy atom. The number of carboxylic acid groups (broad SMARTS) is 1. The molecule has 15 heteroatoms. The first kappa shape index (κ1) is 24.6. The van der Waals surface area contributed by atoms with Crippen LogP contribution in [0.4, 0.5) is 5.13 Å². The molecule has 1 unspecified atom stereocenters. The van der Waals surface area contributed by atoms with Crippen molar-refractivity contribution in [2.45, 2.75) is 24.6 Å². The molecule has 3 N–H and O–H groups in total. The van der Waals surface area contributed by atoms with Crippen LogP contribution >= 0.6 is 23.3 Å². The average molecular weight is 520 g/mol. The molecule has 2 aromatic heterocycles. The number of carbonyl (C=O) groups is 3. The number of anilines is 1. The molecule has 0 bridgehead atoms. The quantitative estimate of drug-likeness (QED) is 0.163. The SMILES string of the molecule is COCc1ccc[n+](CC2=C(C(=O)[O-])N3C(=O)C(NC(=O)C(=NOC)c4nsc(N)n4)[C@@H]3SC2)c1. The summed E-state index contributed by atoms with van der Waals surface area (Å²) in [6.07, 6.45) is 3.64. The number of carbonyl (C=O) groups excluding carboxylic acids is 3. The number of aromatic nitrogens is 3. The number of pyridine rings is 1. The highest BCUT2D eigenvalue weighted by atomic mass is 32.2. The molecule has 2 aromatic rings. The Morgan fingerprint density at radius 2 is 2.23 bits per heavy atom. The number of nitrogens with two attached hydrogens (primary N) is 1. The van der Waals surface area contributed by atoms with Gasteiger partial charge in [0.15, 0.2) is 24.1 Å². The van der Waals surface area contributed by atoms with Crippen molar-refractivity contribution in [1.82, 2.24) is 19.6 Å². The summed E-state index contributed by atoms with van der Waals surface area (Å²) in [6.45, 7) is 0.663. The van der Waals surface area contributed by atoms with Gasteiger partial charge < -0.3 is 30.5 Å². The molecule has 2 aliphatic rings. The van der Waals surface area contributed by atoms with Crippen molar-refractivity contribution in [1.29, 1.82) is 0 Å². The van der Waals surface area contributed by atoms with E-state index < -0.39 is 29.2 Å². The lowest BCUT2D eigenvalue weighted by atomic mass is 10.0. The second-order valence-corrected chi connectivity index (χ2v) is 9.39. The lowest BCUT2D eigenvalue weighted by Gasteiger charge is -2.50. The third-order valence-corrected chi connectivity index (χ3v) is 7.06. The van der Waals surface area contributed by atoms with Gasteiger partial charge in [-0.1, -0.05) is 5.16 Å². The number of rotatable bonds is 9. The van der Waals surface area contributed by atoms with E-state index in [0.29, 0.717) is 17.9 Å². The van der Waals surface area contributed by atoms with Gasteiger partial charge >= 0.3 is 0 Å². The number of ether oxygens (including phenoxy) is 1. The van der Waals surface area contributed by atoms with Crippen molar-refractivity contribution >= 4 is 51.9 Å². The fourth-order valence-electron chi connectivity index (χ4n) is 3.76. The van der Waals surface area contributed by atoms with Crippen LogP contribution in [-0.2, 0) is 37.1 Å². The Hall–Kier alpha value is -3.56. The van der Waals surface area contributed by atoms with Gasteiger partial charge in [0.25, 0.3) is 11.8 Å². The van der Waals surface area contributed by atoms with Crippen LogP contribution in [-0.4, -0.2) is 69.1 Å². The summed E-state index contributed by atoms with van der Waals surface area (Å²) < 4.78 is 10.9. The van der Waals surface area contributed by atoms with E-state index in [2.05, 4.69) is 19.8 Å². The Kier molecular flexibility index (Phi) is 7.28. The normalized spacial score (nSPS) is 19.8. The average Bonchev–Trinajstić information content (AvgIpc) is 3.26. The first-order valence-corrected chi connectivity index (χ1v) is 12.0. The van der Waals surface area contributed by atoms with Gasteiger partial charge in [0.2, 0.25) is 11.5 Å². The van der Waals surface area contributed by atoms with E-state index in [-0.39, 0.29) is 28.9 Å². The van der Waals surface area contributed by atoms with E-state index in [4.69, 9.17) is 15.3 Å². The number of thioether (sulfide) groups is 1. The lowest BCUT2D eigenvalue weighted by molar-refractivity contribution is -0.689. The molecule has 1 saturated heterocycles. The molecule has 4 heterocycles. The van der Waals surface area contributed by atoms with Crippen molar-refractivity contribution < 1.29 is 33.6 Å². The molecule has 0 aromatic carbocycles. The highest BCUT2D eigenvalue weighted by molar-refractivity contribution is 8.00. The number of amides is 2. The number of aliphatic carboxylic acids is 1. The van der Waals surface area contributed by atoms with Crippen LogP contribution in [0.2, 0.25) is 0 Å². The zero-order valence-electron chi connectivity index (χ0n) is 18.7. The number of nitrogen functional groups attached to an aromatic ring is 1. The zero-order valence-corrected chi connectivity index (χ0v) is 20.3. The van der Waals surface area contributed by atoms with Crippen molar-refractivity contribution in [2.24, 2.45) is 5.16 Å². The maximum absolute atomic E-state index is 12.9. The molecule has 1 fully saturated rings. The summed E-state index contributed by atoms with van der Waals surface area (Å²) in [7, 11) is 2.83. The Balaban J connectivity index is 1.52. The number of fused-ring (bicyclic) bond motifs is 1. The number of nitrogens with one attached hydrogen (secondary N) is 1. The minimum atomic E-state index is -1.46. The molecule has 2 amide bonds. The fourth-order valence-corrected chi connectivity index (χ4v) is 5.53. The van der Waals surface area contributed by atoms with Crippen LogP contribution in [0.25, 0.3) is 0 Å². The number of β-lactam (4-membered cyclic amide) rings is 1. The molecule has 13 nitrogen and oxygen atoms in total. The predicted molar refractivity (Wildman–Crippen MR) is 122 cm³/mol. The van der Waals surface area contributed by atoms with Crippen LogP contribution in [0, 0.1) is 0 Å². The number of carboxylic acids is 1. The minimum Gasteiger partial charge on any atom is -0.543 e. The summed E-state index contributed by atoms with van der Waals surface area (Å²) >= 11 is 2.21. The molecular weight excluding hydrogens is 498 g/mol. The van der Waals surface area contributed by atoms with Crippen LogP contribution in [0.15, 0.2) is 41.0 Å². The topological polar surface area (TPSA) is 176 Å². The molecule has 2 atom stereocenters. The number of hydrogen-bond acceptors (Lipinski definition) is 12. The molecule has 184 valence electrons. The molecule has 0 saturated carbocycles. The molecule has 2 aliphatic heterocycles. The minimum absolute atomic E-state index is 0.0443. The first-order valence-electron chi connectivity index (χ1n) is 10.2. The second-order valence-electron chi connectivity index (χ2n) is 7.50. The number of nitrogens with zero attached hydrogens (tertiary/aromatic N) is 5. The monoisotopic (exact) mass is 519 g/mol. The van der Waals surface area contributed by atoms with E-state index in [1.165, 1.54) is 18.9 Å². The van der Waals surface area contributed by atoms with Gasteiger partial charge in [0, 0.05) is 41.6 Å². The third-order valence-electron chi connectivity index (χ3n) is 5.18. The van der Waals surface area contributed by atoms with Crippen LogP contribution in [0.1, 0.15) is 11.4 Å². The summed E-state index contributed by atoms with van der Waals surface area (Å²) in [4.78, 5) is 47.5. The molecule has 35 heavy (non-hydrogen) atoms. The lowest BCUT2D eigenvalue weighted by Crippen LogP contribution is -2.71. The van der Waals surface area contributed by atoms with E-state index in [9.17, 15) is 19.5 Å². The van der Waals surface area contributed by atoms with Gasteiger partial charge in [0.05, 0.1) is 18.3 Å². The van der Waals surface area contributed by atoms with Gasteiger partial charge in [-0.2, -0.15) is 9.36 Å². The van der Waals surface area contributed by atoms with Crippen molar-refractivity contribution in [2.75, 3.05) is 25.7 Å². The standard InChI is InChI=1S/C20H21N7O6S2/c1-32-8-10-4-3-5-26(6-10)7-11-9-34-18-13(17(29)27(18)14(11)19(30)31)22-16(28)12(24-33-2)15-23-20(21)35-25-15/h3-6,13,18H,7-9H2,1-2H3,(H3-,21,22,23,25,28,30,31)/t13?,18-/m0/s1. The highest BCUT2D eigenvalue weighted by Crippen LogP contribution is 2.40. The molecule has 0 spiro atoms. The van der Waals surface area contributed by atoms with Crippen LogP contribution < -0.4 is 20.7 Å². The van der Waals surface area contributed by atoms with Crippen LogP contribution in [0.3, 0.4) is 0 Å². The Bertz CT molecular complexity index is 1230. The summed E-state index contributed by atoms with van der Waals surface area (Å²) in [6, 6.07) is 2.75. The Labute approximate surface area is 207 Å². The highest BCUT2D eigenvalue weighted by Gasteiger charge is 2.53. The van der Waals surface area contributed by atoms with Crippen molar-refractivity contribution in [3.8, 4) is 0 Å². The second kappa shape index (κ2) is 10.4. The first-order chi connectivity index (χ1) is 16.8. The van der Waals surface area contributed by atoms with Crippen molar-refractivity contribution in [3.05, 3.63) is 47.2 Å². The largest absolute Gasteiger partial charge is 0.543 e. The van der Waals surface area contributed by atoms with Gasteiger partial charge in [-0.3, -0.25) is 14.5 Å². The molecule has 0 radical (unpaired) electrons. The summed E-state index contributed by atoms with van der Waals surface area (Å²) in [5.74, 6) is -2.50. The van der Waals surface area contributed by atoms with Crippen molar-refractivity contribution in [3.63, 3.8) is 0 Å². The molecule has 0 aliphatic carbocycles. The summed E-state index contributed by atoms with van der Waals surface area (Å²) in [5, 5.41) is 17.7. The fraction of sp³-hybridized carbons (Fsp3) is 0.350. The van der Waals surface area contributed by atoms with Gasteiger partial charge in [-0.25, -0.2) is 4.57 Å². The Morgan fingerprint density at radius 1 is 1.43 bits per heavy atom. The zero-order chi connectivity index (χ0) is 25.1. The number of hydrogen-bond donors (Lipinski definition) is 2. The predicted octanol–water partition coefficient (Wildman–Crippen LogP) is -1.99. The van der Waals surface area contributed by atoms with Gasteiger partial charge in [-0.15, -0.1) is 11.8 Å². The number of oxime groups is 1. The van der Waals surface area contributed by atoms with E-state index in [1.54, 1.807) is 13.3 Å². The maximum atomic E-state index is 12.9. The van der Waals surface area contributed by atoms with Gasteiger partial charge in [0.1, 0.15) is 18.5 Å². The molecular formula is C20H21N7O6S2. The van der Waals surface area contributed by atoms with Gasteiger partial charge in [-0.05, 0) is 6.07 Å².